The van der Waals surface area contributed by atoms with E-state index in [4.69, 9.17) is 5.73 Å². The molecule has 4 nitrogen and oxygen atoms in total. The molecule has 0 fully saturated rings. The number of carbonyl (C=O) groups excluding carboxylic acids is 1. The lowest BCUT2D eigenvalue weighted by molar-refractivity contribution is 0.100. The van der Waals surface area contributed by atoms with Crippen molar-refractivity contribution in [3.8, 4) is 17.5 Å². The van der Waals surface area contributed by atoms with Crippen LogP contribution in [0.2, 0.25) is 0 Å². The molecule has 2 N–H and O–H groups in total. The van der Waals surface area contributed by atoms with Gasteiger partial charge < -0.3 is 5.73 Å². The van der Waals surface area contributed by atoms with Gasteiger partial charge in [0.05, 0.1) is 22.3 Å². The fourth-order valence-electron chi connectivity index (χ4n) is 2.64. The maximum Gasteiger partial charge on any atom is 0.260 e. The zero-order valence-electron chi connectivity index (χ0n) is 13.1. The first-order valence-electron chi connectivity index (χ1n) is 7.65. The predicted octanol–water partition coefficient (Wildman–Crippen LogP) is 3.59. The number of nitrogens with two attached hydrogens (primary N) is 1. The van der Waals surface area contributed by atoms with Crippen molar-refractivity contribution < 1.29 is 4.79 Å². The lowest BCUT2D eigenvalue weighted by atomic mass is 10.1. The normalized spacial score (nSPS) is 10.4. The number of amides is 1. The highest BCUT2D eigenvalue weighted by molar-refractivity contribution is 7.12. The highest BCUT2D eigenvalue weighted by atomic mass is 32.1. The number of imidazole rings is 1. The fourth-order valence-corrected chi connectivity index (χ4v) is 3.49. The number of fused-ring (bicyclic) bond motifs is 1. The van der Waals surface area contributed by atoms with Crippen molar-refractivity contribution in [1.29, 1.82) is 0 Å². The summed E-state index contributed by atoms with van der Waals surface area (Å²) >= 11 is 1.30. The van der Waals surface area contributed by atoms with E-state index < -0.39 is 5.91 Å². The average molecular weight is 343 g/mol. The Morgan fingerprint density at radius 1 is 1.04 bits per heavy atom. The van der Waals surface area contributed by atoms with E-state index in [0.29, 0.717) is 10.4 Å². The largest absolute Gasteiger partial charge is 0.365 e. The molecule has 0 atom stereocenters. The predicted molar refractivity (Wildman–Crippen MR) is 99.9 cm³/mol. The lowest BCUT2D eigenvalue weighted by Gasteiger charge is -2.03. The summed E-state index contributed by atoms with van der Waals surface area (Å²) in [5, 5.41) is 1.89. The SMILES string of the molecule is NC(=O)c1scc(-n2cnc3ccccc32)c1C#Cc1ccccc1. The first-order valence-corrected chi connectivity index (χ1v) is 8.53. The number of rotatable bonds is 2. The summed E-state index contributed by atoms with van der Waals surface area (Å²) in [6.45, 7) is 0. The van der Waals surface area contributed by atoms with Gasteiger partial charge in [0.25, 0.3) is 5.91 Å². The zero-order valence-corrected chi connectivity index (χ0v) is 14.0. The van der Waals surface area contributed by atoms with Gasteiger partial charge in [0.15, 0.2) is 0 Å². The number of carbonyl (C=O) groups is 1. The third-order valence-corrected chi connectivity index (χ3v) is 4.80. The van der Waals surface area contributed by atoms with Gasteiger partial charge in [-0.05, 0) is 24.3 Å². The molecule has 2 aromatic heterocycles. The molecule has 4 rings (SSSR count). The second-order valence-electron chi connectivity index (χ2n) is 5.41. The van der Waals surface area contributed by atoms with E-state index in [1.54, 1.807) is 6.33 Å². The van der Waals surface area contributed by atoms with Crippen molar-refractivity contribution >= 4 is 28.3 Å². The Labute approximate surface area is 148 Å². The molecule has 0 saturated carbocycles. The van der Waals surface area contributed by atoms with Gasteiger partial charge in [-0.2, -0.15) is 0 Å². The molecule has 0 spiro atoms. The molecule has 4 aromatic rings. The van der Waals surface area contributed by atoms with Crippen LogP contribution in [0.4, 0.5) is 0 Å². The van der Waals surface area contributed by atoms with Crippen LogP contribution in [0, 0.1) is 11.8 Å². The Kier molecular flexibility index (Phi) is 3.81. The van der Waals surface area contributed by atoms with Crippen molar-refractivity contribution in [3.63, 3.8) is 0 Å². The molecule has 0 aliphatic heterocycles. The number of nitrogens with zero attached hydrogens (tertiary/aromatic N) is 2. The summed E-state index contributed by atoms with van der Waals surface area (Å²) in [6, 6.07) is 17.5. The van der Waals surface area contributed by atoms with Crippen molar-refractivity contribution in [2.45, 2.75) is 0 Å². The number of hydrogen-bond acceptors (Lipinski definition) is 3. The summed E-state index contributed by atoms with van der Waals surface area (Å²) in [5.74, 6) is 5.76. The van der Waals surface area contributed by atoms with Crippen LogP contribution in [0.25, 0.3) is 16.7 Å². The van der Waals surface area contributed by atoms with Crippen LogP contribution in [0.1, 0.15) is 20.8 Å². The third-order valence-electron chi connectivity index (χ3n) is 3.81. The standard InChI is InChI=1S/C20H13N3OS/c21-20(24)19-15(11-10-14-6-2-1-3-7-14)18(12-25-19)23-13-22-16-8-4-5-9-17(16)23/h1-9,12-13H,(H2,21,24). The maximum absolute atomic E-state index is 11.8. The Bertz CT molecular complexity index is 1130. The molecule has 25 heavy (non-hydrogen) atoms. The van der Waals surface area contributed by atoms with Crippen molar-refractivity contribution in [1.82, 2.24) is 9.55 Å². The molecule has 0 unspecified atom stereocenters. The third kappa shape index (κ3) is 2.80. The monoisotopic (exact) mass is 343 g/mol. The van der Waals surface area contributed by atoms with Gasteiger partial charge >= 0.3 is 0 Å². The number of para-hydroxylation sites is 2. The molecule has 2 heterocycles. The molecule has 5 heteroatoms. The Hall–Kier alpha value is -3.36. The van der Waals surface area contributed by atoms with Crippen LogP contribution in [-0.2, 0) is 0 Å². The molecule has 0 aliphatic carbocycles. The number of primary amides is 1. The lowest BCUT2D eigenvalue weighted by Crippen LogP contribution is -2.11. The van der Waals surface area contributed by atoms with Gasteiger partial charge in [-0.15, -0.1) is 11.3 Å². The Morgan fingerprint density at radius 2 is 1.80 bits per heavy atom. The highest BCUT2D eigenvalue weighted by Crippen LogP contribution is 2.28. The summed E-state index contributed by atoms with van der Waals surface area (Å²) in [6.07, 6.45) is 1.74. The quantitative estimate of drug-likeness (QED) is 0.566. The molecule has 0 bridgehead atoms. The highest BCUT2D eigenvalue weighted by Gasteiger charge is 2.17. The van der Waals surface area contributed by atoms with Gasteiger partial charge in [0.1, 0.15) is 11.2 Å². The second kappa shape index (κ2) is 6.27. The Balaban J connectivity index is 1.90. The molecule has 1 amide bonds. The molecule has 0 saturated heterocycles. The second-order valence-corrected chi connectivity index (χ2v) is 6.29. The van der Waals surface area contributed by atoms with Crippen LogP contribution < -0.4 is 5.73 Å². The van der Waals surface area contributed by atoms with Crippen LogP contribution in [0.15, 0.2) is 66.3 Å². The van der Waals surface area contributed by atoms with Crippen molar-refractivity contribution in [2.75, 3.05) is 0 Å². The summed E-state index contributed by atoms with van der Waals surface area (Å²) in [4.78, 5) is 16.7. The number of aromatic nitrogens is 2. The zero-order chi connectivity index (χ0) is 17.2. The minimum atomic E-state index is -0.474. The van der Waals surface area contributed by atoms with Crippen LogP contribution in [-0.4, -0.2) is 15.5 Å². The van der Waals surface area contributed by atoms with Crippen LogP contribution >= 0.6 is 11.3 Å². The van der Waals surface area contributed by atoms with Crippen LogP contribution in [0.5, 0.6) is 0 Å². The van der Waals surface area contributed by atoms with Gasteiger partial charge in [0.2, 0.25) is 0 Å². The number of hydrogen-bond donors (Lipinski definition) is 1. The smallest absolute Gasteiger partial charge is 0.260 e. The van der Waals surface area contributed by atoms with Gasteiger partial charge in [-0.3, -0.25) is 9.36 Å². The van der Waals surface area contributed by atoms with E-state index in [9.17, 15) is 4.79 Å². The number of thiophene rings is 1. The number of benzene rings is 2. The molecule has 2 aromatic carbocycles. The van der Waals surface area contributed by atoms with E-state index >= 15 is 0 Å². The first-order chi connectivity index (χ1) is 12.2. The van der Waals surface area contributed by atoms with Gasteiger partial charge in [-0.25, -0.2) is 4.98 Å². The molecular formula is C20H13N3OS. The Morgan fingerprint density at radius 3 is 2.60 bits per heavy atom. The van der Waals surface area contributed by atoms with Crippen LogP contribution in [0.3, 0.4) is 0 Å². The minimum Gasteiger partial charge on any atom is -0.365 e. The molecular weight excluding hydrogens is 330 g/mol. The van der Waals surface area contributed by atoms with Crippen molar-refractivity contribution in [2.24, 2.45) is 5.73 Å². The van der Waals surface area contributed by atoms with E-state index in [0.717, 1.165) is 22.3 Å². The maximum atomic E-state index is 11.8. The molecule has 0 aliphatic rings. The van der Waals surface area contributed by atoms with Gasteiger partial charge in [0, 0.05) is 10.9 Å². The van der Waals surface area contributed by atoms with E-state index in [1.807, 2.05) is 64.5 Å². The topological polar surface area (TPSA) is 60.9 Å². The molecule has 120 valence electrons. The molecule has 0 radical (unpaired) electrons. The van der Waals surface area contributed by atoms with E-state index in [1.165, 1.54) is 11.3 Å². The van der Waals surface area contributed by atoms with Gasteiger partial charge in [-0.1, -0.05) is 42.2 Å². The van der Waals surface area contributed by atoms with Crippen molar-refractivity contribution in [3.05, 3.63) is 82.3 Å². The van der Waals surface area contributed by atoms with E-state index in [2.05, 4.69) is 16.8 Å². The summed E-state index contributed by atoms with van der Waals surface area (Å²) in [7, 11) is 0. The average Bonchev–Trinajstić information content (AvgIpc) is 3.24. The van der Waals surface area contributed by atoms with E-state index in [-0.39, 0.29) is 0 Å². The summed E-state index contributed by atoms with van der Waals surface area (Å²) < 4.78 is 1.94. The minimum absolute atomic E-state index is 0.455. The first kappa shape index (κ1) is 15.2. The summed E-state index contributed by atoms with van der Waals surface area (Å²) in [5.41, 5.74) is 9.71. The fraction of sp³-hybridized carbons (Fsp3) is 0.